The molecule has 120 valence electrons. The number of likely N-dealkylation sites (tertiary alicyclic amines) is 1. The lowest BCUT2D eigenvalue weighted by Crippen LogP contribution is -2.40. The van der Waals surface area contributed by atoms with Gasteiger partial charge >= 0.3 is 6.09 Å². The number of nitrogens with zero attached hydrogens (tertiary/aromatic N) is 1. The SMILES string of the molecule is COc1ccccc1C=C1CCN(C(=O)OC(C)(C)C)CC1. The van der Waals surface area contributed by atoms with Crippen LogP contribution >= 0.6 is 0 Å². The Morgan fingerprint density at radius 1 is 1.18 bits per heavy atom. The molecular formula is C18H25NO3. The van der Waals surface area contributed by atoms with E-state index in [1.54, 1.807) is 12.0 Å². The van der Waals surface area contributed by atoms with E-state index in [4.69, 9.17) is 9.47 Å². The van der Waals surface area contributed by atoms with Gasteiger partial charge in [-0.1, -0.05) is 29.8 Å². The molecular weight excluding hydrogens is 278 g/mol. The van der Waals surface area contributed by atoms with Crippen LogP contribution in [0.25, 0.3) is 6.08 Å². The molecule has 0 bridgehead atoms. The second-order valence-corrected chi connectivity index (χ2v) is 6.51. The van der Waals surface area contributed by atoms with Crippen molar-refractivity contribution in [3.63, 3.8) is 0 Å². The molecule has 0 spiro atoms. The molecule has 1 amide bonds. The highest BCUT2D eigenvalue weighted by Gasteiger charge is 2.24. The third kappa shape index (κ3) is 4.52. The molecule has 0 atom stereocenters. The standard InChI is InChI=1S/C18H25NO3/c1-18(2,3)22-17(20)19-11-9-14(10-12-19)13-15-7-5-6-8-16(15)21-4/h5-8,13H,9-12H2,1-4H3. The van der Waals surface area contributed by atoms with Crippen LogP contribution < -0.4 is 4.74 Å². The molecule has 4 heteroatoms. The lowest BCUT2D eigenvalue weighted by molar-refractivity contribution is 0.0237. The van der Waals surface area contributed by atoms with Gasteiger partial charge in [0.05, 0.1) is 7.11 Å². The molecule has 1 aromatic rings. The lowest BCUT2D eigenvalue weighted by Gasteiger charge is -2.31. The molecule has 2 rings (SSSR count). The second kappa shape index (κ2) is 6.86. The van der Waals surface area contributed by atoms with E-state index in [1.807, 2.05) is 45.0 Å². The molecule has 22 heavy (non-hydrogen) atoms. The average molecular weight is 303 g/mol. The monoisotopic (exact) mass is 303 g/mol. The number of rotatable bonds is 2. The van der Waals surface area contributed by atoms with Gasteiger partial charge in [0.1, 0.15) is 11.4 Å². The maximum Gasteiger partial charge on any atom is 0.410 e. The van der Waals surface area contributed by atoms with E-state index < -0.39 is 5.60 Å². The number of carbonyl (C=O) groups is 1. The van der Waals surface area contributed by atoms with Crippen molar-refractivity contribution in [3.8, 4) is 5.75 Å². The minimum absolute atomic E-state index is 0.219. The van der Waals surface area contributed by atoms with E-state index in [0.29, 0.717) is 13.1 Å². The summed E-state index contributed by atoms with van der Waals surface area (Å²) in [6.07, 6.45) is 3.70. The van der Waals surface area contributed by atoms with Crippen LogP contribution in [0.3, 0.4) is 0 Å². The molecule has 0 aliphatic carbocycles. The maximum atomic E-state index is 12.0. The van der Waals surface area contributed by atoms with Crippen LogP contribution in [0.1, 0.15) is 39.2 Å². The Balaban J connectivity index is 1.97. The summed E-state index contributed by atoms with van der Waals surface area (Å²) in [6.45, 7) is 7.08. The van der Waals surface area contributed by atoms with Gasteiger partial charge in [0.15, 0.2) is 0 Å². The first-order chi connectivity index (χ1) is 10.4. The largest absolute Gasteiger partial charge is 0.496 e. The van der Waals surface area contributed by atoms with Crippen molar-refractivity contribution in [2.45, 2.75) is 39.2 Å². The van der Waals surface area contributed by atoms with E-state index in [-0.39, 0.29) is 6.09 Å². The molecule has 0 unspecified atom stereocenters. The summed E-state index contributed by atoms with van der Waals surface area (Å²) < 4.78 is 10.8. The Morgan fingerprint density at radius 3 is 2.41 bits per heavy atom. The molecule has 0 N–H and O–H groups in total. The summed E-state index contributed by atoms with van der Waals surface area (Å²) in [4.78, 5) is 13.8. The maximum absolute atomic E-state index is 12.0. The van der Waals surface area contributed by atoms with Gasteiger partial charge in [-0.3, -0.25) is 0 Å². The van der Waals surface area contributed by atoms with E-state index in [1.165, 1.54) is 5.57 Å². The van der Waals surface area contributed by atoms with Crippen LogP contribution in [0.2, 0.25) is 0 Å². The van der Waals surface area contributed by atoms with Crippen molar-refractivity contribution in [1.82, 2.24) is 4.90 Å². The fourth-order valence-electron chi connectivity index (χ4n) is 2.45. The molecule has 1 fully saturated rings. The quantitative estimate of drug-likeness (QED) is 0.825. The van der Waals surface area contributed by atoms with E-state index in [9.17, 15) is 4.79 Å². The fourth-order valence-corrected chi connectivity index (χ4v) is 2.45. The Kier molecular flexibility index (Phi) is 5.11. The summed E-state index contributed by atoms with van der Waals surface area (Å²) in [7, 11) is 1.68. The predicted octanol–water partition coefficient (Wildman–Crippen LogP) is 4.11. The van der Waals surface area contributed by atoms with Crippen LogP contribution in [0.5, 0.6) is 5.75 Å². The Labute approximate surface area is 132 Å². The summed E-state index contributed by atoms with van der Waals surface area (Å²) in [5.41, 5.74) is 1.99. The van der Waals surface area contributed by atoms with E-state index in [0.717, 1.165) is 24.2 Å². The first kappa shape index (κ1) is 16.4. The normalized spacial score (nSPS) is 15.5. The van der Waals surface area contributed by atoms with Gasteiger partial charge in [0, 0.05) is 18.7 Å². The molecule has 1 saturated heterocycles. The highest BCUT2D eigenvalue weighted by Crippen LogP contribution is 2.25. The molecule has 1 aliphatic heterocycles. The Hall–Kier alpha value is -1.97. The van der Waals surface area contributed by atoms with Crippen LogP contribution in [0.15, 0.2) is 29.8 Å². The third-order valence-electron chi connectivity index (χ3n) is 3.56. The van der Waals surface area contributed by atoms with Gasteiger partial charge in [0.2, 0.25) is 0 Å². The van der Waals surface area contributed by atoms with Gasteiger partial charge in [0.25, 0.3) is 0 Å². The Bertz CT molecular complexity index is 548. The number of methoxy groups -OCH3 is 1. The third-order valence-corrected chi connectivity index (χ3v) is 3.56. The molecule has 1 heterocycles. The molecule has 4 nitrogen and oxygen atoms in total. The summed E-state index contributed by atoms with van der Waals surface area (Å²) >= 11 is 0. The zero-order chi connectivity index (χ0) is 16.2. The number of ether oxygens (including phenoxy) is 2. The van der Waals surface area contributed by atoms with Crippen molar-refractivity contribution in [3.05, 3.63) is 35.4 Å². The van der Waals surface area contributed by atoms with Gasteiger partial charge in [-0.25, -0.2) is 4.79 Å². The molecule has 1 aromatic carbocycles. The van der Waals surface area contributed by atoms with Crippen LogP contribution in [-0.2, 0) is 4.74 Å². The highest BCUT2D eigenvalue weighted by molar-refractivity contribution is 5.69. The summed E-state index contributed by atoms with van der Waals surface area (Å²) in [6, 6.07) is 7.98. The topological polar surface area (TPSA) is 38.8 Å². The number of para-hydroxylation sites is 1. The van der Waals surface area contributed by atoms with Crippen molar-refractivity contribution in [2.24, 2.45) is 0 Å². The first-order valence-electron chi connectivity index (χ1n) is 7.69. The highest BCUT2D eigenvalue weighted by atomic mass is 16.6. The predicted molar refractivity (Wildman–Crippen MR) is 88.0 cm³/mol. The van der Waals surface area contributed by atoms with Crippen molar-refractivity contribution in [2.75, 3.05) is 20.2 Å². The average Bonchev–Trinajstić information content (AvgIpc) is 2.47. The number of carbonyl (C=O) groups excluding carboxylic acids is 1. The molecule has 0 aromatic heterocycles. The number of benzene rings is 1. The van der Waals surface area contributed by atoms with E-state index in [2.05, 4.69) is 6.08 Å². The van der Waals surface area contributed by atoms with Gasteiger partial charge in [-0.2, -0.15) is 0 Å². The molecule has 1 aliphatic rings. The first-order valence-corrected chi connectivity index (χ1v) is 7.69. The van der Waals surface area contributed by atoms with Crippen LogP contribution in [0, 0.1) is 0 Å². The van der Waals surface area contributed by atoms with Crippen molar-refractivity contribution < 1.29 is 14.3 Å². The summed E-state index contributed by atoms with van der Waals surface area (Å²) in [5.74, 6) is 0.879. The summed E-state index contributed by atoms with van der Waals surface area (Å²) in [5, 5.41) is 0. The second-order valence-electron chi connectivity index (χ2n) is 6.51. The minimum Gasteiger partial charge on any atom is -0.496 e. The lowest BCUT2D eigenvalue weighted by atomic mass is 10.0. The van der Waals surface area contributed by atoms with Crippen molar-refractivity contribution in [1.29, 1.82) is 0 Å². The number of hydrogen-bond acceptors (Lipinski definition) is 3. The molecule has 0 saturated carbocycles. The van der Waals surface area contributed by atoms with E-state index >= 15 is 0 Å². The minimum atomic E-state index is -0.440. The van der Waals surface area contributed by atoms with Crippen molar-refractivity contribution >= 4 is 12.2 Å². The Morgan fingerprint density at radius 2 is 1.82 bits per heavy atom. The van der Waals surface area contributed by atoms with Crippen LogP contribution in [-0.4, -0.2) is 36.8 Å². The van der Waals surface area contributed by atoms with Gasteiger partial charge in [-0.15, -0.1) is 0 Å². The molecule has 0 radical (unpaired) electrons. The number of hydrogen-bond donors (Lipinski definition) is 0. The zero-order valence-corrected chi connectivity index (χ0v) is 13.9. The zero-order valence-electron chi connectivity index (χ0n) is 13.9. The fraction of sp³-hybridized carbons (Fsp3) is 0.500. The number of amides is 1. The van der Waals surface area contributed by atoms with Gasteiger partial charge < -0.3 is 14.4 Å². The number of piperidine rings is 1. The van der Waals surface area contributed by atoms with Gasteiger partial charge in [-0.05, 0) is 39.7 Å². The smallest absolute Gasteiger partial charge is 0.410 e. The van der Waals surface area contributed by atoms with Crippen LogP contribution in [0.4, 0.5) is 4.79 Å².